The van der Waals surface area contributed by atoms with Gasteiger partial charge in [-0.15, -0.1) is 0 Å². The fourth-order valence-electron chi connectivity index (χ4n) is 6.07. The molecule has 14 heteroatoms. The zero-order valence-electron chi connectivity index (χ0n) is 30.2. The van der Waals surface area contributed by atoms with E-state index in [1.807, 2.05) is 0 Å². The van der Waals surface area contributed by atoms with Crippen LogP contribution in [0.1, 0.15) is 95.2 Å². The molecule has 1 aliphatic rings. The van der Waals surface area contributed by atoms with Crippen LogP contribution in [0.2, 0.25) is 0 Å². The number of rotatable bonds is 11. The van der Waals surface area contributed by atoms with Crippen molar-refractivity contribution in [1.29, 1.82) is 0 Å². The Kier molecular flexibility index (Phi) is 13.8. The maximum absolute atomic E-state index is 13.7. The second-order valence-corrected chi connectivity index (χ2v) is 12.5. The molecular formula is C39H45N3O11. The maximum Gasteiger partial charge on any atom is 0.342 e. The first kappa shape index (κ1) is 39.7. The highest BCUT2D eigenvalue weighted by atomic mass is 16.5. The molecule has 1 heterocycles. The zero-order valence-corrected chi connectivity index (χ0v) is 30.2. The lowest BCUT2D eigenvalue weighted by atomic mass is 9.84. The van der Waals surface area contributed by atoms with Crippen molar-refractivity contribution in [1.82, 2.24) is 5.32 Å². The number of fused-ring (bicyclic) bond motifs is 1. The second-order valence-electron chi connectivity index (χ2n) is 12.5. The van der Waals surface area contributed by atoms with E-state index >= 15 is 0 Å². The van der Waals surface area contributed by atoms with Crippen LogP contribution in [0.3, 0.4) is 0 Å². The number of Topliss-reactive ketones (excluding diaryl/α,β-unsaturated/α-hetero) is 1. The molecule has 4 rings (SSSR count). The van der Waals surface area contributed by atoms with Gasteiger partial charge in [-0.05, 0) is 86.2 Å². The maximum atomic E-state index is 13.7. The molecule has 3 amide bonds. The first-order valence-corrected chi connectivity index (χ1v) is 17.1. The van der Waals surface area contributed by atoms with Crippen LogP contribution in [0.5, 0.6) is 28.7 Å². The van der Waals surface area contributed by atoms with Crippen LogP contribution in [0.4, 0.5) is 5.69 Å². The fourth-order valence-corrected chi connectivity index (χ4v) is 6.07. The molecule has 3 aromatic carbocycles. The van der Waals surface area contributed by atoms with Crippen LogP contribution in [0.15, 0.2) is 48.5 Å². The molecule has 1 aliphatic heterocycles. The third-order valence-corrected chi connectivity index (χ3v) is 8.78. The summed E-state index contributed by atoms with van der Waals surface area (Å²) in [5.41, 5.74) is 6.04. The average Bonchev–Trinajstić information content (AvgIpc) is 3.12. The van der Waals surface area contributed by atoms with Gasteiger partial charge in [0.1, 0.15) is 22.8 Å². The van der Waals surface area contributed by atoms with E-state index in [4.69, 9.17) is 24.7 Å². The van der Waals surface area contributed by atoms with Gasteiger partial charge in [0.05, 0.1) is 34.0 Å². The molecule has 14 nitrogen and oxygen atoms in total. The van der Waals surface area contributed by atoms with E-state index in [2.05, 4.69) is 10.6 Å². The van der Waals surface area contributed by atoms with Gasteiger partial charge in [-0.25, -0.2) is 4.79 Å². The summed E-state index contributed by atoms with van der Waals surface area (Å²) in [4.78, 5) is 63.6. The van der Waals surface area contributed by atoms with Crippen molar-refractivity contribution in [3.63, 3.8) is 0 Å². The molecule has 1 unspecified atom stereocenters. The third-order valence-electron chi connectivity index (χ3n) is 8.78. The summed E-state index contributed by atoms with van der Waals surface area (Å²) in [6.45, 7) is 1.25. The molecule has 6 N–H and O–H groups in total. The number of primary amides is 1. The summed E-state index contributed by atoms with van der Waals surface area (Å²) in [6, 6.07) is 10.3. The van der Waals surface area contributed by atoms with Crippen LogP contribution < -0.4 is 30.6 Å². The lowest BCUT2D eigenvalue weighted by Crippen LogP contribution is -2.33. The van der Waals surface area contributed by atoms with E-state index in [1.54, 1.807) is 31.2 Å². The van der Waals surface area contributed by atoms with E-state index in [0.717, 1.165) is 0 Å². The van der Waals surface area contributed by atoms with Gasteiger partial charge >= 0.3 is 5.97 Å². The molecule has 3 aromatic rings. The number of amides is 3. The van der Waals surface area contributed by atoms with Gasteiger partial charge in [0.2, 0.25) is 23.5 Å². The van der Waals surface area contributed by atoms with E-state index < -0.39 is 60.2 Å². The first-order chi connectivity index (χ1) is 25.4. The first-order valence-electron chi connectivity index (χ1n) is 17.1. The number of phenols is 2. The van der Waals surface area contributed by atoms with E-state index in [1.165, 1.54) is 51.7 Å². The minimum Gasteiger partial charge on any atom is -0.507 e. The zero-order chi connectivity index (χ0) is 38.7. The molecule has 0 spiro atoms. The highest BCUT2D eigenvalue weighted by molar-refractivity contribution is 5.99. The highest BCUT2D eigenvalue weighted by Gasteiger charge is 2.32. The number of aromatic hydroxyl groups is 2. The Hall–Kier alpha value is -6.05. The predicted molar refractivity (Wildman–Crippen MR) is 196 cm³/mol. The summed E-state index contributed by atoms with van der Waals surface area (Å²) >= 11 is 0. The Morgan fingerprint density at radius 1 is 0.943 bits per heavy atom. The number of ketones is 1. The van der Waals surface area contributed by atoms with Crippen molar-refractivity contribution in [3.8, 4) is 28.7 Å². The summed E-state index contributed by atoms with van der Waals surface area (Å²) in [5.74, 6) is -4.02. The Labute approximate surface area is 307 Å². The van der Waals surface area contributed by atoms with Crippen molar-refractivity contribution in [2.45, 2.75) is 63.9 Å². The lowest BCUT2D eigenvalue weighted by Gasteiger charge is -2.24. The van der Waals surface area contributed by atoms with Gasteiger partial charge in [0.15, 0.2) is 11.5 Å². The number of benzene rings is 3. The Morgan fingerprint density at radius 3 is 2.23 bits per heavy atom. The normalized spacial score (nSPS) is 15.6. The van der Waals surface area contributed by atoms with Crippen molar-refractivity contribution >= 4 is 41.2 Å². The quantitative estimate of drug-likeness (QED) is 0.166. The topological polar surface area (TPSA) is 213 Å². The van der Waals surface area contributed by atoms with Gasteiger partial charge in [-0.3, -0.25) is 19.2 Å². The Morgan fingerprint density at radius 2 is 1.60 bits per heavy atom. The molecule has 0 fully saturated rings. The number of hydrogen-bond acceptors (Lipinski definition) is 11. The molecule has 0 saturated heterocycles. The number of esters is 1. The van der Waals surface area contributed by atoms with E-state index in [0.29, 0.717) is 49.8 Å². The number of allylic oxidation sites excluding steroid dienone is 1. The number of hydrogen-bond donors (Lipinski definition) is 5. The van der Waals surface area contributed by atoms with Crippen LogP contribution in [-0.2, 0) is 19.1 Å². The monoisotopic (exact) mass is 731 g/mol. The molecule has 0 saturated carbocycles. The Bertz CT molecular complexity index is 1850. The molecule has 0 radical (unpaired) electrons. The van der Waals surface area contributed by atoms with Gasteiger partial charge < -0.3 is 45.5 Å². The summed E-state index contributed by atoms with van der Waals surface area (Å²) in [6.07, 6.45) is 5.15. The SMILES string of the molecule is COc1cc(C(CC(=O)NCC(=O)Nc2ccc(C(N)=O)cc2)c2c(O)cc3c(c2O)C(=O)O[C@@H](C)CCCC(=O)CCCC=C3)cc(OC)c1OC. The molecule has 2 atom stereocenters. The average molecular weight is 732 g/mol. The summed E-state index contributed by atoms with van der Waals surface area (Å²) in [7, 11) is 4.23. The molecule has 0 aliphatic carbocycles. The molecule has 282 valence electrons. The number of nitrogens with one attached hydrogen (secondary N) is 2. The van der Waals surface area contributed by atoms with Crippen molar-refractivity contribution in [2.24, 2.45) is 5.73 Å². The van der Waals surface area contributed by atoms with E-state index in [-0.39, 0.29) is 45.3 Å². The lowest BCUT2D eigenvalue weighted by molar-refractivity contribution is -0.124. The van der Waals surface area contributed by atoms with Crippen molar-refractivity contribution < 1.29 is 53.1 Å². The smallest absolute Gasteiger partial charge is 0.342 e. The summed E-state index contributed by atoms with van der Waals surface area (Å²) < 4.78 is 22.2. The van der Waals surface area contributed by atoms with E-state index in [9.17, 15) is 34.2 Å². The number of cyclic esters (lactones) is 1. The number of methoxy groups -OCH3 is 3. The largest absolute Gasteiger partial charge is 0.507 e. The fraction of sp³-hybridized carbons (Fsp3) is 0.359. The van der Waals surface area contributed by atoms with Crippen molar-refractivity contribution in [3.05, 3.63) is 76.4 Å². The van der Waals surface area contributed by atoms with Crippen molar-refractivity contribution in [2.75, 3.05) is 33.2 Å². The van der Waals surface area contributed by atoms with Crippen LogP contribution in [0, 0.1) is 0 Å². The number of nitrogens with two attached hydrogens (primary N) is 1. The number of ether oxygens (including phenoxy) is 4. The standard InChI is InChI=1S/C39H45N3O11/c1-22-9-8-12-27(43)11-7-5-6-10-24-17-29(44)35(36(47)34(24)39(49)53-22)28(25-18-30(50-2)37(52-4)31(19-25)51-3)20-32(45)41-21-33(46)42-26-15-13-23(14-16-26)38(40)48/h6,10,13-19,22,28,44,47H,5,7-9,11-12,20-21H2,1-4H3,(H2,40,48)(H,41,45)(H,42,46)/t22-,28?/m0/s1. The van der Waals surface area contributed by atoms with Crippen LogP contribution in [-0.4, -0.2) is 73.7 Å². The predicted octanol–water partition coefficient (Wildman–Crippen LogP) is 4.98. The van der Waals surface area contributed by atoms with Gasteiger partial charge in [-0.1, -0.05) is 12.2 Å². The molecule has 53 heavy (non-hydrogen) atoms. The molecule has 0 aromatic heterocycles. The van der Waals surface area contributed by atoms with Gasteiger partial charge in [-0.2, -0.15) is 0 Å². The second kappa shape index (κ2) is 18.4. The number of phenolic OH excluding ortho intramolecular Hbond substituents is 2. The van der Waals surface area contributed by atoms with Crippen LogP contribution in [0.25, 0.3) is 6.08 Å². The minimum atomic E-state index is -1.13. The van der Waals surface area contributed by atoms with Gasteiger partial charge in [0, 0.05) is 42.0 Å². The number of carbonyl (C=O) groups excluding carboxylic acids is 5. The molecule has 0 bridgehead atoms. The Balaban J connectivity index is 1.74. The van der Waals surface area contributed by atoms with Crippen LogP contribution >= 0.6 is 0 Å². The minimum absolute atomic E-state index is 0.133. The number of anilines is 1. The third kappa shape index (κ3) is 10.3. The van der Waals surface area contributed by atoms with Gasteiger partial charge in [0.25, 0.3) is 0 Å². The number of carbonyl (C=O) groups is 5. The highest BCUT2D eigenvalue weighted by Crippen LogP contribution is 2.47. The summed E-state index contributed by atoms with van der Waals surface area (Å²) in [5, 5.41) is 28.6. The molecular weight excluding hydrogens is 686 g/mol.